The molecule has 6 nitrogen and oxygen atoms in total. The van der Waals surface area contributed by atoms with Gasteiger partial charge in [-0.2, -0.15) is 0 Å². The van der Waals surface area contributed by atoms with E-state index in [1.54, 1.807) is 12.1 Å². The molecule has 1 aliphatic heterocycles. The number of halogens is 1. The fourth-order valence-corrected chi connectivity index (χ4v) is 5.35. The van der Waals surface area contributed by atoms with E-state index in [-0.39, 0.29) is 28.8 Å². The number of hydrogen-bond donors (Lipinski definition) is 1. The molecule has 0 aromatic heterocycles. The largest absolute Gasteiger partial charge is 0.340 e. The SMILES string of the molecule is O=C(CCNS(=O)(=O)c1ccccc1Cl)N1CCN(C2CCCC2)CC1. The maximum atomic E-state index is 12.4. The maximum absolute atomic E-state index is 12.4. The van der Waals surface area contributed by atoms with E-state index in [4.69, 9.17) is 11.6 Å². The third kappa shape index (κ3) is 4.76. The molecule has 1 aromatic carbocycles. The molecule has 0 spiro atoms. The zero-order valence-corrected chi connectivity index (χ0v) is 16.4. The van der Waals surface area contributed by atoms with Crippen LogP contribution in [0.15, 0.2) is 29.2 Å². The summed E-state index contributed by atoms with van der Waals surface area (Å²) in [5.41, 5.74) is 0. The fourth-order valence-electron chi connectivity index (χ4n) is 3.80. The van der Waals surface area contributed by atoms with Crippen LogP contribution < -0.4 is 4.72 Å². The molecule has 1 saturated heterocycles. The molecule has 1 aromatic rings. The van der Waals surface area contributed by atoms with Crippen molar-refractivity contribution >= 4 is 27.5 Å². The summed E-state index contributed by atoms with van der Waals surface area (Å²) < 4.78 is 27.0. The van der Waals surface area contributed by atoms with E-state index in [9.17, 15) is 13.2 Å². The van der Waals surface area contributed by atoms with E-state index < -0.39 is 10.0 Å². The van der Waals surface area contributed by atoms with Gasteiger partial charge in [-0.1, -0.05) is 36.6 Å². The highest BCUT2D eigenvalue weighted by Gasteiger charge is 2.27. The standard InChI is InChI=1S/C18H26ClN3O3S/c19-16-7-3-4-8-17(16)26(24,25)20-10-9-18(23)22-13-11-21(12-14-22)15-5-1-2-6-15/h3-4,7-8,15,20H,1-2,5-6,9-14H2. The smallest absolute Gasteiger partial charge is 0.242 e. The van der Waals surface area contributed by atoms with Crippen molar-refractivity contribution in [2.24, 2.45) is 0 Å². The summed E-state index contributed by atoms with van der Waals surface area (Å²) in [6.45, 7) is 3.37. The number of amides is 1. The highest BCUT2D eigenvalue weighted by molar-refractivity contribution is 7.89. The van der Waals surface area contributed by atoms with Gasteiger partial charge in [0.25, 0.3) is 0 Å². The minimum atomic E-state index is -3.70. The number of carbonyl (C=O) groups excluding carboxylic acids is 1. The van der Waals surface area contributed by atoms with Crippen LogP contribution in [0.1, 0.15) is 32.1 Å². The number of piperazine rings is 1. The van der Waals surface area contributed by atoms with Crippen LogP contribution in [0.25, 0.3) is 0 Å². The second-order valence-corrected chi connectivity index (χ2v) is 9.08. The van der Waals surface area contributed by atoms with Crippen molar-refractivity contribution in [2.75, 3.05) is 32.7 Å². The second kappa shape index (κ2) is 8.69. The molecule has 0 radical (unpaired) electrons. The maximum Gasteiger partial charge on any atom is 0.242 e. The number of rotatable bonds is 6. The Hall–Kier alpha value is -1.15. The van der Waals surface area contributed by atoms with Gasteiger partial charge in [0.05, 0.1) is 5.02 Å². The number of hydrogen-bond acceptors (Lipinski definition) is 4. The first-order valence-corrected chi connectivity index (χ1v) is 11.1. The Morgan fingerprint density at radius 2 is 1.77 bits per heavy atom. The molecule has 1 heterocycles. The van der Waals surface area contributed by atoms with Crippen molar-refractivity contribution in [1.29, 1.82) is 0 Å². The molecule has 0 unspecified atom stereocenters. The summed E-state index contributed by atoms with van der Waals surface area (Å²) in [4.78, 5) is 16.7. The first-order chi connectivity index (χ1) is 12.5. The summed E-state index contributed by atoms with van der Waals surface area (Å²) in [7, 11) is -3.70. The molecular formula is C18H26ClN3O3S. The molecule has 26 heavy (non-hydrogen) atoms. The number of carbonyl (C=O) groups is 1. The van der Waals surface area contributed by atoms with E-state index in [1.807, 2.05) is 4.90 Å². The number of benzene rings is 1. The lowest BCUT2D eigenvalue weighted by Gasteiger charge is -2.38. The molecule has 0 bridgehead atoms. The van der Waals surface area contributed by atoms with Gasteiger partial charge in [0.2, 0.25) is 15.9 Å². The lowest BCUT2D eigenvalue weighted by molar-refractivity contribution is -0.133. The van der Waals surface area contributed by atoms with E-state index in [2.05, 4.69) is 9.62 Å². The van der Waals surface area contributed by atoms with Crippen molar-refractivity contribution in [3.8, 4) is 0 Å². The van der Waals surface area contributed by atoms with Crippen molar-refractivity contribution in [2.45, 2.75) is 43.0 Å². The molecule has 2 fully saturated rings. The molecule has 144 valence electrons. The monoisotopic (exact) mass is 399 g/mol. The Morgan fingerprint density at radius 3 is 2.42 bits per heavy atom. The fraction of sp³-hybridized carbons (Fsp3) is 0.611. The van der Waals surface area contributed by atoms with Crippen LogP contribution >= 0.6 is 11.6 Å². The Kier molecular flexibility index (Phi) is 6.55. The predicted molar refractivity (Wildman–Crippen MR) is 102 cm³/mol. The molecule has 1 N–H and O–H groups in total. The molecule has 3 rings (SSSR count). The predicted octanol–water partition coefficient (Wildman–Crippen LogP) is 2.10. The minimum Gasteiger partial charge on any atom is -0.340 e. The van der Waals surface area contributed by atoms with Crippen LogP contribution in [0.2, 0.25) is 5.02 Å². The Balaban J connectivity index is 1.44. The van der Waals surface area contributed by atoms with Gasteiger partial charge in [-0.25, -0.2) is 13.1 Å². The van der Waals surface area contributed by atoms with E-state index in [0.717, 1.165) is 26.2 Å². The highest BCUT2D eigenvalue weighted by Crippen LogP contribution is 2.24. The Labute approximate surface area is 160 Å². The lowest BCUT2D eigenvalue weighted by Crippen LogP contribution is -2.51. The number of nitrogens with zero attached hydrogens (tertiary/aromatic N) is 2. The van der Waals surface area contributed by atoms with E-state index in [1.165, 1.54) is 37.8 Å². The average molecular weight is 400 g/mol. The van der Waals surface area contributed by atoms with Gasteiger partial charge in [-0.05, 0) is 25.0 Å². The first kappa shape index (κ1) is 19.6. The van der Waals surface area contributed by atoms with Crippen LogP contribution in [0.4, 0.5) is 0 Å². The van der Waals surface area contributed by atoms with Crippen molar-refractivity contribution in [1.82, 2.24) is 14.5 Å². The van der Waals surface area contributed by atoms with E-state index >= 15 is 0 Å². The summed E-state index contributed by atoms with van der Waals surface area (Å²) in [6.07, 6.45) is 5.34. The van der Waals surface area contributed by atoms with Gasteiger partial charge in [0.15, 0.2) is 0 Å². The van der Waals surface area contributed by atoms with Crippen LogP contribution in [-0.2, 0) is 14.8 Å². The van der Waals surface area contributed by atoms with Gasteiger partial charge in [-0.3, -0.25) is 9.69 Å². The molecule has 1 aliphatic carbocycles. The van der Waals surface area contributed by atoms with Crippen molar-refractivity contribution in [3.63, 3.8) is 0 Å². The second-order valence-electron chi connectivity index (χ2n) is 6.93. The third-order valence-electron chi connectivity index (χ3n) is 5.27. The van der Waals surface area contributed by atoms with Crippen LogP contribution in [0, 0.1) is 0 Å². The Bertz CT molecular complexity index is 727. The van der Waals surface area contributed by atoms with Gasteiger partial charge in [0.1, 0.15) is 4.90 Å². The number of sulfonamides is 1. The third-order valence-corrected chi connectivity index (χ3v) is 7.23. The van der Waals surface area contributed by atoms with Crippen molar-refractivity contribution in [3.05, 3.63) is 29.3 Å². The summed E-state index contributed by atoms with van der Waals surface area (Å²) in [6, 6.07) is 6.97. The minimum absolute atomic E-state index is 0.00192. The summed E-state index contributed by atoms with van der Waals surface area (Å²) in [5.74, 6) is -0.00192. The zero-order valence-electron chi connectivity index (χ0n) is 14.9. The molecule has 1 saturated carbocycles. The molecular weight excluding hydrogens is 374 g/mol. The van der Waals surface area contributed by atoms with Gasteiger partial charge >= 0.3 is 0 Å². The van der Waals surface area contributed by atoms with Crippen molar-refractivity contribution < 1.29 is 13.2 Å². The van der Waals surface area contributed by atoms with Gasteiger partial charge in [-0.15, -0.1) is 0 Å². The number of nitrogens with one attached hydrogen (secondary N) is 1. The first-order valence-electron chi connectivity index (χ1n) is 9.23. The van der Waals surface area contributed by atoms with Crippen LogP contribution in [-0.4, -0.2) is 62.9 Å². The normalized spacial score (nSPS) is 19.8. The average Bonchev–Trinajstić information content (AvgIpc) is 3.16. The Morgan fingerprint density at radius 1 is 1.12 bits per heavy atom. The molecule has 2 aliphatic rings. The quantitative estimate of drug-likeness (QED) is 0.795. The summed E-state index contributed by atoms with van der Waals surface area (Å²) in [5, 5.41) is 0.175. The van der Waals surface area contributed by atoms with Gasteiger partial charge < -0.3 is 4.90 Å². The summed E-state index contributed by atoms with van der Waals surface area (Å²) >= 11 is 5.94. The molecule has 8 heteroatoms. The highest BCUT2D eigenvalue weighted by atomic mass is 35.5. The van der Waals surface area contributed by atoms with Crippen LogP contribution in [0.5, 0.6) is 0 Å². The van der Waals surface area contributed by atoms with Crippen LogP contribution in [0.3, 0.4) is 0 Å². The zero-order chi connectivity index (χ0) is 18.6. The molecule has 0 atom stereocenters. The lowest BCUT2D eigenvalue weighted by atomic mass is 10.1. The van der Waals surface area contributed by atoms with Gasteiger partial charge in [0, 0.05) is 45.2 Å². The topological polar surface area (TPSA) is 69.7 Å². The van der Waals surface area contributed by atoms with E-state index in [0.29, 0.717) is 6.04 Å². The molecule has 1 amide bonds.